The molecular formula is C18H18FN3O3. The van der Waals surface area contributed by atoms with Gasteiger partial charge in [0, 0.05) is 7.05 Å². The minimum absolute atomic E-state index is 0.0660. The molecule has 2 aromatic carbocycles. The number of amides is 2. The van der Waals surface area contributed by atoms with Crippen molar-refractivity contribution in [3.8, 4) is 17.6 Å². The number of benzene rings is 2. The van der Waals surface area contributed by atoms with Crippen LogP contribution in [0.25, 0.3) is 0 Å². The number of nitriles is 1. The summed E-state index contributed by atoms with van der Waals surface area (Å²) in [5, 5.41) is 11.6. The predicted octanol–water partition coefficient (Wildman–Crippen LogP) is 3.25. The summed E-state index contributed by atoms with van der Waals surface area (Å²) in [5.74, 6) is 0.868. The fourth-order valence-corrected chi connectivity index (χ4v) is 2.00. The highest BCUT2D eigenvalue weighted by atomic mass is 19.1. The van der Waals surface area contributed by atoms with Crippen LogP contribution in [0.5, 0.6) is 11.5 Å². The number of urea groups is 1. The third kappa shape index (κ3) is 5.11. The summed E-state index contributed by atoms with van der Waals surface area (Å²) in [6.45, 7) is 0.631. The van der Waals surface area contributed by atoms with Gasteiger partial charge in [-0.05, 0) is 42.5 Å². The van der Waals surface area contributed by atoms with Gasteiger partial charge in [0.05, 0.1) is 24.9 Å². The van der Waals surface area contributed by atoms with E-state index >= 15 is 0 Å². The van der Waals surface area contributed by atoms with E-state index in [1.54, 1.807) is 38.4 Å². The number of methoxy groups -OCH3 is 1. The van der Waals surface area contributed by atoms with E-state index < -0.39 is 11.8 Å². The highest BCUT2D eigenvalue weighted by Crippen LogP contribution is 2.18. The Kier molecular flexibility index (Phi) is 6.18. The summed E-state index contributed by atoms with van der Waals surface area (Å²) in [7, 11) is 3.19. The van der Waals surface area contributed by atoms with E-state index in [2.05, 4.69) is 5.32 Å². The number of nitrogens with one attached hydrogen (secondary N) is 1. The van der Waals surface area contributed by atoms with Crippen LogP contribution in [0.3, 0.4) is 0 Å². The van der Waals surface area contributed by atoms with Crippen LogP contribution in [0.1, 0.15) is 5.56 Å². The molecule has 0 aliphatic heterocycles. The maximum absolute atomic E-state index is 13.1. The van der Waals surface area contributed by atoms with Crippen LogP contribution in [-0.2, 0) is 0 Å². The van der Waals surface area contributed by atoms with E-state index in [0.717, 1.165) is 11.8 Å². The van der Waals surface area contributed by atoms with Gasteiger partial charge in [-0.3, -0.25) is 0 Å². The van der Waals surface area contributed by atoms with Gasteiger partial charge in [-0.15, -0.1) is 0 Å². The predicted molar refractivity (Wildman–Crippen MR) is 91.3 cm³/mol. The van der Waals surface area contributed by atoms with Crippen LogP contribution < -0.4 is 14.8 Å². The summed E-state index contributed by atoms with van der Waals surface area (Å²) in [4.78, 5) is 13.5. The molecule has 0 saturated heterocycles. The van der Waals surface area contributed by atoms with E-state index in [1.807, 2.05) is 6.07 Å². The molecule has 130 valence electrons. The number of nitrogens with zero attached hydrogens (tertiary/aromatic N) is 2. The van der Waals surface area contributed by atoms with Crippen molar-refractivity contribution in [3.63, 3.8) is 0 Å². The highest BCUT2D eigenvalue weighted by Gasteiger charge is 2.12. The zero-order valence-corrected chi connectivity index (χ0v) is 14.0. The van der Waals surface area contributed by atoms with E-state index in [0.29, 0.717) is 18.9 Å². The number of anilines is 1. The summed E-state index contributed by atoms with van der Waals surface area (Å²) in [5.41, 5.74) is 0.327. The molecule has 2 aromatic rings. The van der Waals surface area contributed by atoms with Crippen LogP contribution in [0.4, 0.5) is 14.9 Å². The molecule has 0 aromatic heterocycles. The Morgan fingerprint density at radius 1 is 1.24 bits per heavy atom. The van der Waals surface area contributed by atoms with Gasteiger partial charge in [0.15, 0.2) is 0 Å². The first-order valence-electron chi connectivity index (χ1n) is 7.52. The molecule has 2 rings (SSSR count). The van der Waals surface area contributed by atoms with Gasteiger partial charge in [-0.1, -0.05) is 0 Å². The van der Waals surface area contributed by atoms with Crippen molar-refractivity contribution in [2.75, 3.05) is 32.6 Å². The number of likely N-dealkylation sites (N-methyl/N-ethyl adjacent to an activating group) is 1. The molecule has 0 radical (unpaired) electrons. The number of carbonyl (C=O) groups excluding carboxylic acids is 1. The van der Waals surface area contributed by atoms with Gasteiger partial charge in [0.25, 0.3) is 0 Å². The summed E-state index contributed by atoms with van der Waals surface area (Å²) in [6, 6.07) is 12.2. The molecule has 6 nitrogen and oxygen atoms in total. The lowest BCUT2D eigenvalue weighted by molar-refractivity contribution is 0.207. The lowest BCUT2D eigenvalue weighted by atomic mass is 10.2. The normalized spacial score (nSPS) is 9.84. The van der Waals surface area contributed by atoms with Gasteiger partial charge >= 0.3 is 6.03 Å². The Hall–Kier alpha value is -3.27. The van der Waals surface area contributed by atoms with Crippen molar-refractivity contribution >= 4 is 11.7 Å². The van der Waals surface area contributed by atoms with Crippen LogP contribution >= 0.6 is 0 Å². The van der Waals surface area contributed by atoms with Crippen LogP contribution in [0.2, 0.25) is 0 Å². The first kappa shape index (κ1) is 18.1. The largest absolute Gasteiger partial charge is 0.497 e. The third-order valence-electron chi connectivity index (χ3n) is 3.45. The van der Waals surface area contributed by atoms with Crippen LogP contribution in [0, 0.1) is 17.1 Å². The molecule has 0 saturated carbocycles. The first-order chi connectivity index (χ1) is 12.0. The molecule has 0 aliphatic carbocycles. The number of carbonyl (C=O) groups is 1. The average molecular weight is 343 g/mol. The maximum atomic E-state index is 13.1. The van der Waals surface area contributed by atoms with Crippen molar-refractivity contribution in [1.82, 2.24) is 4.90 Å². The molecule has 7 heteroatoms. The third-order valence-corrected chi connectivity index (χ3v) is 3.45. The molecule has 25 heavy (non-hydrogen) atoms. The highest BCUT2D eigenvalue weighted by molar-refractivity contribution is 5.90. The molecular weight excluding hydrogens is 325 g/mol. The standard InChI is InChI=1S/C18H18FN3O3/c1-22(9-10-25-16-6-4-15(24-2)5-7-16)18(23)21-17-8-3-14(19)11-13(17)12-20/h3-8,11H,9-10H2,1-2H3,(H,21,23). The maximum Gasteiger partial charge on any atom is 0.321 e. The molecule has 0 spiro atoms. The fraction of sp³-hybridized carbons (Fsp3) is 0.222. The fourth-order valence-electron chi connectivity index (χ4n) is 2.00. The molecule has 1 N–H and O–H groups in total. The van der Waals surface area contributed by atoms with Crippen molar-refractivity contribution in [2.45, 2.75) is 0 Å². The first-order valence-corrected chi connectivity index (χ1v) is 7.52. The number of halogens is 1. The van der Waals surface area contributed by atoms with E-state index in [4.69, 9.17) is 14.7 Å². The monoisotopic (exact) mass is 343 g/mol. The number of hydrogen-bond acceptors (Lipinski definition) is 4. The van der Waals surface area contributed by atoms with Gasteiger partial charge in [-0.2, -0.15) is 5.26 Å². The zero-order valence-electron chi connectivity index (χ0n) is 14.0. The van der Waals surface area contributed by atoms with Gasteiger partial charge < -0.3 is 19.7 Å². The smallest absolute Gasteiger partial charge is 0.321 e. The molecule has 0 aliphatic rings. The number of hydrogen-bond donors (Lipinski definition) is 1. The lowest BCUT2D eigenvalue weighted by Crippen LogP contribution is -2.34. The Bertz CT molecular complexity index is 772. The molecule has 0 atom stereocenters. The molecule has 0 heterocycles. The Labute approximate surface area is 145 Å². The van der Waals surface area contributed by atoms with E-state index in [-0.39, 0.29) is 11.3 Å². The Morgan fingerprint density at radius 2 is 1.92 bits per heavy atom. The minimum atomic E-state index is -0.532. The minimum Gasteiger partial charge on any atom is -0.497 e. The Balaban J connectivity index is 1.85. The summed E-state index contributed by atoms with van der Waals surface area (Å²) in [6.07, 6.45) is 0. The van der Waals surface area contributed by atoms with Crippen molar-refractivity contribution < 1.29 is 18.7 Å². The summed E-state index contributed by atoms with van der Waals surface area (Å²) < 4.78 is 23.7. The SMILES string of the molecule is COc1ccc(OCCN(C)C(=O)Nc2ccc(F)cc2C#N)cc1. The lowest BCUT2D eigenvalue weighted by Gasteiger charge is -2.18. The topological polar surface area (TPSA) is 74.6 Å². The van der Waals surface area contributed by atoms with E-state index in [1.165, 1.54) is 17.0 Å². The molecule has 0 bridgehead atoms. The van der Waals surface area contributed by atoms with Crippen molar-refractivity contribution in [3.05, 3.63) is 53.8 Å². The molecule has 0 unspecified atom stereocenters. The second-order valence-corrected chi connectivity index (χ2v) is 5.18. The van der Waals surface area contributed by atoms with Gasteiger partial charge in [0.1, 0.15) is 30.0 Å². The quantitative estimate of drug-likeness (QED) is 0.874. The van der Waals surface area contributed by atoms with Crippen molar-refractivity contribution in [1.29, 1.82) is 5.26 Å². The Morgan fingerprint density at radius 3 is 2.56 bits per heavy atom. The van der Waals surface area contributed by atoms with Gasteiger partial charge in [0.2, 0.25) is 0 Å². The summed E-state index contributed by atoms with van der Waals surface area (Å²) >= 11 is 0. The zero-order chi connectivity index (χ0) is 18.2. The van der Waals surface area contributed by atoms with Crippen LogP contribution in [0.15, 0.2) is 42.5 Å². The second-order valence-electron chi connectivity index (χ2n) is 5.18. The molecule has 2 amide bonds. The average Bonchev–Trinajstić information content (AvgIpc) is 2.63. The van der Waals surface area contributed by atoms with Crippen LogP contribution in [-0.4, -0.2) is 38.2 Å². The second kappa shape index (κ2) is 8.55. The van der Waals surface area contributed by atoms with Crippen molar-refractivity contribution in [2.24, 2.45) is 0 Å². The number of rotatable bonds is 6. The number of ether oxygens (including phenoxy) is 2. The van der Waals surface area contributed by atoms with E-state index in [9.17, 15) is 9.18 Å². The van der Waals surface area contributed by atoms with Gasteiger partial charge in [-0.25, -0.2) is 9.18 Å². The molecule has 0 fully saturated rings.